The zero-order chi connectivity index (χ0) is 17.9. The zero-order valence-electron chi connectivity index (χ0n) is 13.9. The fourth-order valence-electron chi connectivity index (χ4n) is 2.79. The number of thiophene rings is 1. The normalized spacial score (nSPS) is 15.3. The second-order valence-electron chi connectivity index (χ2n) is 5.85. The van der Waals surface area contributed by atoms with E-state index in [0.29, 0.717) is 44.4 Å². The van der Waals surface area contributed by atoms with Gasteiger partial charge in [0.25, 0.3) is 5.91 Å². The topological polar surface area (TPSA) is 114 Å². The lowest BCUT2D eigenvalue weighted by Gasteiger charge is -2.33. The highest BCUT2D eigenvalue weighted by Crippen LogP contribution is 2.21. The Morgan fingerprint density at radius 3 is 2.77 bits per heavy atom. The molecule has 26 heavy (non-hydrogen) atoms. The molecule has 0 spiro atoms. The molecule has 0 bridgehead atoms. The van der Waals surface area contributed by atoms with Gasteiger partial charge in [-0.05, 0) is 11.4 Å². The van der Waals surface area contributed by atoms with Crippen molar-refractivity contribution in [2.75, 3.05) is 31.9 Å². The average molecular weight is 371 g/mol. The second-order valence-corrected chi connectivity index (χ2v) is 6.80. The highest BCUT2D eigenvalue weighted by molar-refractivity contribution is 7.13. The number of aromatic nitrogens is 4. The van der Waals surface area contributed by atoms with Crippen molar-refractivity contribution < 1.29 is 9.32 Å². The van der Waals surface area contributed by atoms with E-state index in [9.17, 15) is 4.79 Å². The number of carbonyl (C=O) groups excluding carboxylic acids is 1. The lowest BCUT2D eigenvalue weighted by Crippen LogP contribution is -2.48. The SMILES string of the molecule is Nc1nccnc1C(=O)N1CCN(Cc2nc(-c3cccs3)no2)CC1. The fourth-order valence-corrected chi connectivity index (χ4v) is 3.44. The molecule has 4 rings (SSSR count). The third kappa shape index (κ3) is 3.41. The number of nitrogens with zero attached hydrogens (tertiary/aromatic N) is 6. The maximum atomic E-state index is 12.5. The molecule has 3 aromatic heterocycles. The van der Waals surface area contributed by atoms with Gasteiger partial charge in [0.05, 0.1) is 11.4 Å². The first-order chi connectivity index (χ1) is 12.7. The minimum atomic E-state index is -0.187. The first kappa shape index (κ1) is 16.6. The van der Waals surface area contributed by atoms with Crippen LogP contribution in [0, 0.1) is 0 Å². The van der Waals surface area contributed by atoms with E-state index < -0.39 is 0 Å². The summed E-state index contributed by atoms with van der Waals surface area (Å²) in [5.41, 5.74) is 5.95. The van der Waals surface area contributed by atoms with E-state index in [4.69, 9.17) is 10.3 Å². The van der Waals surface area contributed by atoms with Crippen LogP contribution in [0.3, 0.4) is 0 Å². The van der Waals surface area contributed by atoms with Crippen LogP contribution in [-0.4, -0.2) is 62.0 Å². The monoisotopic (exact) mass is 371 g/mol. The molecule has 2 N–H and O–H groups in total. The number of nitrogen functional groups attached to an aromatic ring is 1. The van der Waals surface area contributed by atoms with Crippen LogP contribution in [0.25, 0.3) is 10.7 Å². The van der Waals surface area contributed by atoms with Gasteiger partial charge < -0.3 is 15.2 Å². The molecule has 1 aliphatic rings. The standard InChI is InChI=1S/C16H17N7O2S/c17-14-13(18-3-4-19-14)16(24)23-7-5-22(6-8-23)10-12-20-15(21-25-12)11-2-1-9-26-11/h1-4,9H,5-8,10H2,(H2,17,19). The van der Waals surface area contributed by atoms with E-state index in [2.05, 4.69) is 25.0 Å². The predicted octanol–water partition coefficient (Wildman–Crippen LogP) is 1.13. The first-order valence-corrected chi connectivity index (χ1v) is 9.03. The van der Waals surface area contributed by atoms with Gasteiger partial charge in [0.15, 0.2) is 11.5 Å². The van der Waals surface area contributed by atoms with Crippen molar-refractivity contribution in [1.82, 2.24) is 29.9 Å². The fraction of sp³-hybridized carbons (Fsp3) is 0.312. The molecule has 134 valence electrons. The number of anilines is 1. The molecule has 9 nitrogen and oxygen atoms in total. The lowest BCUT2D eigenvalue weighted by molar-refractivity contribution is 0.0610. The summed E-state index contributed by atoms with van der Waals surface area (Å²) in [7, 11) is 0. The van der Waals surface area contributed by atoms with Crippen molar-refractivity contribution in [3.05, 3.63) is 41.5 Å². The van der Waals surface area contributed by atoms with Crippen molar-refractivity contribution in [2.45, 2.75) is 6.54 Å². The Balaban J connectivity index is 1.34. The summed E-state index contributed by atoms with van der Waals surface area (Å²) in [5, 5.41) is 6.00. The quantitative estimate of drug-likeness (QED) is 0.726. The summed E-state index contributed by atoms with van der Waals surface area (Å²) in [6.45, 7) is 3.15. The number of amides is 1. The Morgan fingerprint density at radius 1 is 1.23 bits per heavy atom. The predicted molar refractivity (Wildman–Crippen MR) is 95.2 cm³/mol. The molecule has 1 aliphatic heterocycles. The van der Waals surface area contributed by atoms with Crippen molar-refractivity contribution in [1.29, 1.82) is 0 Å². The molecule has 0 aliphatic carbocycles. The Morgan fingerprint density at radius 2 is 2.04 bits per heavy atom. The number of carbonyl (C=O) groups is 1. The van der Waals surface area contributed by atoms with E-state index in [1.54, 1.807) is 16.2 Å². The van der Waals surface area contributed by atoms with E-state index in [0.717, 1.165) is 4.88 Å². The van der Waals surface area contributed by atoms with Crippen LogP contribution in [0.1, 0.15) is 16.4 Å². The van der Waals surface area contributed by atoms with E-state index in [1.807, 2.05) is 17.5 Å². The first-order valence-electron chi connectivity index (χ1n) is 8.15. The summed E-state index contributed by atoms with van der Waals surface area (Å²) in [5.74, 6) is 1.16. The van der Waals surface area contributed by atoms with Gasteiger partial charge in [0.2, 0.25) is 11.7 Å². The Kier molecular flexibility index (Phi) is 4.59. The maximum Gasteiger partial charge on any atom is 0.276 e. The molecule has 0 aromatic carbocycles. The van der Waals surface area contributed by atoms with E-state index >= 15 is 0 Å². The van der Waals surface area contributed by atoms with Crippen LogP contribution in [0.5, 0.6) is 0 Å². The van der Waals surface area contributed by atoms with Crippen LogP contribution < -0.4 is 5.73 Å². The van der Waals surface area contributed by atoms with Crippen LogP contribution in [0.15, 0.2) is 34.4 Å². The molecule has 0 saturated carbocycles. The van der Waals surface area contributed by atoms with Gasteiger partial charge in [-0.15, -0.1) is 11.3 Å². The van der Waals surface area contributed by atoms with Crippen molar-refractivity contribution in [3.63, 3.8) is 0 Å². The largest absolute Gasteiger partial charge is 0.382 e. The van der Waals surface area contributed by atoms with E-state index in [-0.39, 0.29) is 17.4 Å². The molecule has 0 radical (unpaired) electrons. The molecule has 1 amide bonds. The lowest BCUT2D eigenvalue weighted by atomic mass is 10.2. The number of rotatable bonds is 4. The molecule has 0 atom stereocenters. The van der Waals surface area contributed by atoms with Crippen molar-refractivity contribution >= 4 is 23.1 Å². The number of nitrogens with two attached hydrogens (primary N) is 1. The Labute approximate surface area is 153 Å². The number of hydrogen-bond donors (Lipinski definition) is 1. The molecule has 4 heterocycles. The van der Waals surface area contributed by atoms with Crippen molar-refractivity contribution in [2.24, 2.45) is 0 Å². The molecule has 3 aromatic rings. The number of hydrogen-bond acceptors (Lipinski definition) is 9. The van der Waals surface area contributed by atoms with E-state index in [1.165, 1.54) is 12.4 Å². The summed E-state index contributed by atoms with van der Waals surface area (Å²) >= 11 is 1.57. The second kappa shape index (κ2) is 7.18. The average Bonchev–Trinajstić information content (AvgIpc) is 3.34. The third-order valence-corrected chi connectivity index (χ3v) is 5.02. The Hall–Kier alpha value is -2.85. The molecule has 10 heteroatoms. The summed E-state index contributed by atoms with van der Waals surface area (Å²) in [6, 6.07) is 3.91. The highest BCUT2D eigenvalue weighted by Gasteiger charge is 2.25. The highest BCUT2D eigenvalue weighted by atomic mass is 32.1. The Bertz CT molecular complexity index is 888. The summed E-state index contributed by atoms with van der Waals surface area (Å²) in [4.78, 5) is 29.8. The van der Waals surface area contributed by atoms with Gasteiger partial charge in [-0.1, -0.05) is 11.2 Å². The molecular weight excluding hydrogens is 354 g/mol. The summed E-state index contributed by atoms with van der Waals surface area (Å²) in [6.07, 6.45) is 2.94. The molecule has 1 fully saturated rings. The van der Waals surface area contributed by atoms with Gasteiger partial charge in [-0.25, -0.2) is 9.97 Å². The van der Waals surface area contributed by atoms with Crippen LogP contribution >= 0.6 is 11.3 Å². The van der Waals surface area contributed by atoms with Gasteiger partial charge in [0, 0.05) is 38.6 Å². The van der Waals surface area contributed by atoms with Crippen LogP contribution in [0.2, 0.25) is 0 Å². The number of piperazine rings is 1. The smallest absolute Gasteiger partial charge is 0.276 e. The third-order valence-electron chi connectivity index (χ3n) is 4.16. The molecular formula is C16H17N7O2S. The van der Waals surface area contributed by atoms with Gasteiger partial charge in [-0.2, -0.15) is 4.98 Å². The minimum Gasteiger partial charge on any atom is -0.382 e. The molecule has 0 unspecified atom stereocenters. The van der Waals surface area contributed by atoms with Gasteiger partial charge in [0.1, 0.15) is 0 Å². The minimum absolute atomic E-state index is 0.159. The summed E-state index contributed by atoms with van der Waals surface area (Å²) < 4.78 is 5.34. The molecule has 1 saturated heterocycles. The zero-order valence-corrected chi connectivity index (χ0v) is 14.7. The van der Waals surface area contributed by atoms with Crippen LogP contribution in [-0.2, 0) is 6.54 Å². The van der Waals surface area contributed by atoms with Gasteiger partial charge in [-0.3, -0.25) is 9.69 Å². The van der Waals surface area contributed by atoms with Crippen molar-refractivity contribution in [3.8, 4) is 10.7 Å². The maximum absolute atomic E-state index is 12.5. The van der Waals surface area contributed by atoms with Gasteiger partial charge >= 0.3 is 0 Å². The van der Waals surface area contributed by atoms with Crippen LogP contribution in [0.4, 0.5) is 5.82 Å².